The molecule has 0 bridgehead atoms. The molecular weight excluding hydrogens is 324 g/mol. The Morgan fingerprint density at radius 2 is 2.04 bits per heavy atom. The number of carbonyl (C=O) groups is 1. The van der Waals surface area contributed by atoms with Gasteiger partial charge in [-0.25, -0.2) is 9.97 Å². The van der Waals surface area contributed by atoms with Crippen molar-refractivity contribution in [1.29, 1.82) is 0 Å². The lowest BCUT2D eigenvalue weighted by Crippen LogP contribution is -2.26. The predicted octanol–water partition coefficient (Wildman–Crippen LogP) is 3.60. The number of hydrogen-bond donors (Lipinski definition) is 1. The maximum Gasteiger partial charge on any atom is 0.270 e. The van der Waals surface area contributed by atoms with E-state index in [1.807, 2.05) is 30.1 Å². The molecule has 0 saturated carbocycles. The highest BCUT2D eigenvalue weighted by Gasteiger charge is 2.13. The molecule has 6 heteroatoms. The Balaban J connectivity index is 2.08. The van der Waals surface area contributed by atoms with Gasteiger partial charge in [0.2, 0.25) is 0 Å². The summed E-state index contributed by atoms with van der Waals surface area (Å²) in [5.74, 6) is 1.11. The van der Waals surface area contributed by atoms with Gasteiger partial charge in [0.25, 0.3) is 5.91 Å². The average molecular weight is 347 g/mol. The van der Waals surface area contributed by atoms with Crippen molar-refractivity contribution in [3.63, 3.8) is 0 Å². The molecule has 1 aromatic carbocycles. The van der Waals surface area contributed by atoms with Gasteiger partial charge in [0.15, 0.2) is 0 Å². The smallest absolute Gasteiger partial charge is 0.270 e. The summed E-state index contributed by atoms with van der Waals surface area (Å²) in [6, 6.07) is 9.17. The normalized spacial score (nSPS) is 10.5. The first kappa shape index (κ1) is 18.2. The van der Waals surface area contributed by atoms with Crippen LogP contribution in [0, 0.1) is 6.92 Å². The molecule has 1 amide bonds. The quantitative estimate of drug-likeness (QED) is 0.832. The van der Waals surface area contributed by atoms with Crippen LogP contribution in [0.3, 0.4) is 0 Å². The molecule has 1 aromatic heterocycles. The van der Waals surface area contributed by atoms with Gasteiger partial charge in [-0.2, -0.15) is 0 Å². The minimum atomic E-state index is -0.231. The number of halogens is 1. The van der Waals surface area contributed by atoms with E-state index in [0.717, 1.165) is 30.8 Å². The average Bonchev–Trinajstić information content (AvgIpc) is 2.58. The second-order valence-corrected chi connectivity index (χ2v) is 6.11. The van der Waals surface area contributed by atoms with E-state index in [9.17, 15) is 4.79 Å². The van der Waals surface area contributed by atoms with Crippen molar-refractivity contribution in [2.75, 3.05) is 18.5 Å². The van der Waals surface area contributed by atoms with Crippen LogP contribution in [0.15, 0.2) is 30.3 Å². The standard InChI is InChI=1S/C18H23ClN4O/c1-4-5-10-23(3)17-11-16(21-13(2)22-17)18(24)20-12-14-8-6-7-9-15(14)19/h6-9,11H,4-5,10,12H2,1-3H3,(H,20,24). The number of aromatic nitrogens is 2. The van der Waals surface area contributed by atoms with E-state index >= 15 is 0 Å². The van der Waals surface area contributed by atoms with Gasteiger partial charge in [-0.15, -0.1) is 0 Å². The summed E-state index contributed by atoms with van der Waals surface area (Å²) in [7, 11) is 1.98. The number of anilines is 1. The molecular formula is C18H23ClN4O. The fraction of sp³-hybridized carbons (Fsp3) is 0.389. The number of rotatable bonds is 7. The van der Waals surface area contributed by atoms with Crippen molar-refractivity contribution in [3.8, 4) is 0 Å². The molecule has 0 unspecified atom stereocenters. The summed E-state index contributed by atoms with van der Waals surface area (Å²) < 4.78 is 0. The van der Waals surface area contributed by atoms with Crippen LogP contribution in [0.25, 0.3) is 0 Å². The molecule has 2 aromatic rings. The van der Waals surface area contributed by atoms with Crippen molar-refractivity contribution >= 4 is 23.3 Å². The second kappa shape index (κ2) is 8.64. The zero-order valence-corrected chi connectivity index (χ0v) is 15.1. The third-order valence-corrected chi connectivity index (χ3v) is 4.06. The van der Waals surface area contributed by atoms with Crippen molar-refractivity contribution in [1.82, 2.24) is 15.3 Å². The Morgan fingerprint density at radius 3 is 2.75 bits per heavy atom. The third kappa shape index (κ3) is 4.93. The van der Waals surface area contributed by atoms with Gasteiger partial charge in [-0.3, -0.25) is 4.79 Å². The number of amides is 1. The first-order valence-corrected chi connectivity index (χ1v) is 8.47. The Labute approximate surface area is 148 Å². The number of benzene rings is 1. The topological polar surface area (TPSA) is 58.1 Å². The largest absolute Gasteiger partial charge is 0.360 e. The molecule has 0 fully saturated rings. The van der Waals surface area contributed by atoms with Crippen LogP contribution >= 0.6 is 11.6 Å². The zero-order chi connectivity index (χ0) is 17.5. The highest BCUT2D eigenvalue weighted by molar-refractivity contribution is 6.31. The summed E-state index contributed by atoms with van der Waals surface area (Å²) in [5.41, 5.74) is 1.24. The van der Waals surface area contributed by atoms with Gasteiger partial charge in [0.1, 0.15) is 17.3 Å². The molecule has 24 heavy (non-hydrogen) atoms. The molecule has 0 spiro atoms. The Morgan fingerprint density at radius 1 is 1.29 bits per heavy atom. The van der Waals surface area contributed by atoms with Crippen LogP contribution in [0.2, 0.25) is 5.02 Å². The number of aryl methyl sites for hydroxylation is 1. The van der Waals surface area contributed by atoms with Gasteiger partial charge in [-0.1, -0.05) is 43.1 Å². The number of nitrogens with one attached hydrogen (secondary N) is 1. The molecule has 0 aliphatic carbocycles. The molecule has 0 atom stereocenters. The maximum absolute atomic E-state index is 12.4. The summed E-state index contributed by atoms with van der Waals surface area (Å²) in [5, 5.41) is 3.50. The Hall–Kier alpha value is -2.14. The molecule has 128 valence electrons. The molecule has 0 aliphatic heterocycles. The molecule has 5 nitrogen and oxygen atoms in total. The molecule has 1 N–H and O–H groups in total. The molecule has 0 saturated heterocycles. The summed E-state index contributed by atoms with van der Waals surface area (Å²) >= 11 is 6.11. The number of hydrogen-bond acceptors (Lipinski definition) is 4. The lowest BCUT2D eigenvalue weighted by atomic mass is 10.2. The van der Waals surface area contributed by atoms with Gasteiger partial charge in [0.05, 0.1) is 0 Å². The van der Waals surface area contributed by atoms with Gasteiger partial charge in [0, 0.05) is 31.2 Å². The molecule has 1 heterocycles. The van der Waals surface area contributed by atoms with Crippen molar-refractivity contribution in [2.24, 2.45) is 0 Å². The lowest BCUT2D eigenvalue weighted by molar-refractivity contribution is 0.0945. The van der Waals surface area contributed by atoms with E-state index in [4.69, 9.17) is 11.6 Å². The van der Waals surface area contributed by atoms with E-state index < -0.39 is 0 Å². The Kier molecular flexibility index (Phi) is 6.55. The van der Waals surface area contributed by atoms with E-state index in [1.165, 1.54) is 0 Å². The van der Waals surface area contributed by atoms with Crippen molar-refractivity contribution < 1.29 is 4.79 Å². The van der Waals surface area contributed by atoms with Gasteiger partial charge < -0.3 is 10.2 Å². The highest BCUT2D eigenvalue weighted by atomic mass is 35.5. The monoisotopic (exact) mass is 346 g/mol. The summed E-state index contributed by atoms with van der Waals surface area (Å²) in [6.45, 7) is 5.20. The number of unbranched alkanes of at least 4 members (excludes halogenated alkanes) is 1. The van der Waals surface area contributed by atoms with E-state index in [0.29, 0.717) is 23.1 Å². The second-order valence-electron chi connectivity index (χ2n) is 5.71. The summed E-state index contributed by atoms with van der Waals surface area (Å²) in [4.78, 5) is 23.1. The molecule has 0 radical (unpaired) electrons. The molecule has 0 aliphatic rings. The lowest BCUT2D eigenvalue weighted by Gasteiger charge is -2.18. The van der Waals surface area contributed by atoms with Crippen LogP contribution in [0.1, 0.15) is 41.6 Å². The van der Waals surface area contributed by atoms with Crippen LogP contribution in [0.5, 0.6) is 0 Å². The fourth-order valence-corrected chi connectivity index (χ4v) is 2.48. The van der Waals surface area contributed by atoms with Crippen LogP contribution in [-0.2, 0) is 6.54 Å². The van der Waals surface area contributed by atoms with Crippen molar-refractivity contribution in [2.45, 2.75) is 33.2 Å². The third-order valence-electron chi connectivity index (χ3n) is 3.69. The Bertz CT molecular complexity index is 705. The minimum Gasteiger partial charge on any atom is -0.360 e. The van der Waals surface area contributed by atoms with Crippen molar-refractivity contribution in [3.05, 3.63) is 52.4 Å². The predicted molar refractivity (Wildman–Crippen MR) is 97.6 cm³/mol. The molecule has 2 rings (SSSR count). The first-order valence-electron chi connectivity index (χ1n) is 8.09. The van der Waals surface area contributed by atoms with E-state index in [2.05, 4.69) is 22.2 Å². The maximum atomic E-state index is 12.4. The number of carbonyl (C=O) groups excluding carboxylic acids is 1. The number of nitrogens with zero attached hydrogens (tertiary/aromatic N) is 3. The highest BCUT2D eigenvalue weighted by Crippen LogP contribution is 2.15. The van der Waals surface area contributed by atoms with Gasteiger partial charge in [-0.05, 0) is 25.0 Å². The zero-order valence-electron chi connectivity index (χ0n) is 14.3. The fourth-order valence-electron chi connectivity index (χ4n) is 2.28. The van der Waals surface area contributed by atoms with Crippen LogP contribution < -0.4 is 10.2 Å². The van der Waals surface area contributed by atoms with Crippen LogP contribution in [0.4, 0.5) is 5.82 Å². The minimum absolute atomic E-state index is 0.231. The van der Waals surface area contributed by atoms with E-state index in [1.54, 1.807) is 19.1 Å². The van der Waals surface area contributed by atoms with Crippen LogP contribution in [-0.4, -0.2) is 29.5 Å². The summed E-state index contributed by atoms with van der Waals surface area (Å²) in [6.07, 6.45) is 2.19. The SMILES string of the molecule is CCCCN(C)c1cc(C(=O)NCc2ccccc2Cl)nc(C)n1. The van der Waals surface area contributed by atoms with E-state index in [-0.39, 0.29) is 5.91 Å². The first-order chi connectivity index (χ1) is 11.5. The van der Waals surface area contributed by atoms with Gasteiger partial charge >= 0.3 is 0 Å².